The van der Waals surface area contributed by atoms with E-state index in [1.807, 2.05) is 0 Å². The second-order valence-corrected chi connectivity index (χ2v) is 6.28. The molecule has 1 rings (SSSR count). The fourth-order valence-corrected chi connectivity index (χ4v) is 3.57. The lowest BCUT2D eigenvalue weighted by Crippen LogP contribution is -2.19. The van der Waals surface area contributed by atoms with Crippen molar-refractivity contribution in [3.63, 3.8) is 0 Å². The molecule has 1 aliphatic rings. The van der Waals surface area contributed by atoms with Crippen LogP contribution in [0.15, 0.2) is 0 Å². The van der Waals surface area contributed by atoms with E-state index in [9.17, 15) is 0 Å². The zero-order valence-electron chi connectivity index (χ0n) is 12.0. The van der Waals surface area contributed by atoms with Crippen molar-refractivity contribution in [1.29, 1.82) is 0 Å². The van der Waals surface area contributed by atoms with Crippen LogP contribution in [0.4, 0.5) is 0 Å². The molecule has 1 fully saturated rings. The predicted octanol–water partition coefficient (Wildman–Crippen LogP) is 5.67. The molecule has 0 aliphatic heterocycles. The van der Waals surface area contributed by atoms with Crippen LogP contribution in [0.2, 0.25) is 0 Å². The quantitative estimate of drug-likeness (QED) is 0.567. The van der Waals surface area contributed by atoms with Crippen LogP contribution in [0.3, 0.4) is 0 Å². The SMILES string of the molecule is CCC1CCCCC(C)CC(CC)C(C)C1. The summed E-state index contributed by atoms with van der Waals surface area (Å²) in [6.07, 6.45) is 11.7. The minimum atomic E-state index is 0.954. The molecule has 0 aromatic rings. The highest BCUT2D eigenvalue weighted by molar-refractivity contribution is 4.73. The van der Waals surface area contributed by atoms with Gasteiger partial charge in [0.05, 0.1) is 0 Å². The molecule has 0 nitrogen and oxygen atoms in total. The number of hydrogen-bond donors (Lipinski definition) is 0. The molecule has 0 heterocycles. The Morgan fingerprint density at radius 3 is 2.19 bits per heavy atom. The van der Waals surface area contributed by atoms with Gasteiger partial charge in [-0.3, -0.25) is 0 Å². The number of hydrogen-bond acceptors (Lipinski definition) is 0. The van der Waals surface area contributed by atoms with E-state index in [1.165, 1.54) is 51.4 Å². The topological polar surface area (TPSA) is 0 Å². The Balaban J connectivity index is 2.57. The Bertz CT molecular complexity index is 173. The molecular weight excluding hydrogens is 192 g/mol. The normalized spacial score (nSPS) is 38.2. The van der Waals surface area contributed by atoms with E-state index >= 15 is 0 Å². The first-order valence-corrected chi connectivity index (χ1v) is 7.67. The third-order valence-electron chi connectivity index (χ3n) is 4.88. The summed E-state index contributed by atoms with van der Waals surface area (Å²) >= 11 is 0. The van der Waals surface area contributed by atoms with Crippen LogP contribution in [0.5, 0.6) is 0 Å². The Kier molecular flexibility index (Phi) is 6.46. The molecular formula is C16H32. The van der Waals surface area contributed by atoms with Gasteiger partial charge in [0.25, 0.3) is 0 Å². The van der Waals surface area contributed by atoms with Gasteiger partial charge in [0.1, 0.15) is 0 Å². The molecule has 96 valence electrons. The minimum absolute atomic E-state index is 0.954. The third kappa shape index (κ3) is 4.47. The highest BCUT2D eigenvalue weighted by Crippen LogP contribution is 2.34. The van der Waals surface area contributed by atoms with Gasteiger partial charge in [-0.2, -0.15) is 0 Å². The molecule has 0 aromatic heterocycles. The Hall–Kier alpha value is 0. The molecule has 4 unspecified atom stereocenters. The van der Waals surface area contributed by atoms with Gasteiger partial charge < -0.3 is 0 Å². The third-order valence-corrected chi connectivity index (χ3v) is 4.88. The molecule has 4 atom stereocenters. The fourth-order valence-electron chi connectivity index (χ4n) is 3.57. The van der Waals surface area contributed by atoms with E-state index < -0.39 is 0 Å². The van der Waals surface area contributed by atoms with E-state index in [4.69, 9.17) is 0 Å². The van der Waals surface area contributed by atoms with Crippen molar-refractivity contribution in [2.24, 2.45) is 23.7 Å². The average molecular weight is 224 g/mol. The van der Waals surface area contributed by atoms with Crippen LogP contribution < -0.4 is 0 Å². The molecule has 0 aromatic carbocycles. The number of rotatable bonds is 2. The van der Waals surface area contributed by atoms with Crippen LogP contribution in [-0.4, -0.2) is 0 Å². The molecule has 1 saturated carbocycles. The molecule has 0 bridgehead atoms. The van der Waals surface area contributed by atoms with Gasteiger partial charge in [-0.1, -0.05) is 66.2 Å². The molecule has 0 N–H and O–H groups in total. The second-order valence-electron chi connectivity index (χ2n) is 6.28. The van der Waals surface area contributed by atoms with Gasteiger partial charge in [0.15, 0.2) is 0 Å². The van der Waals surface area contributed by atoms with Crippen LogP contribution in [0.1, 0.15) is 79.1 Å². The molecule has 0 saturated heterocycles. The first-order valence-electron chi connectivity index (χ1n) is 7.67. The first kappa shape index (κ1) is 14.1. The van der Waals surface area contributed by atoms with Crippen molar-refractivity contribution in [2.45, 2.75) is 79.1 Å². The lowest BCUT2D eigenvalue weighted by molar-refractivity contribution is 0.212. The summed E-state index contributed by atoms with van der Waals surface area (Å²) in [4.78, 5) is 0. The molecule has 0 amide bonds. The van der Waals surface area contributed by atoms with Crippen molar-refractivity contribution in [2.75, 3.05) is 0 Å². The van der Waals surface area contributed by atoms with E-state index in [2.05, 4.69) is 27.7 Å². The van der Waals surface area contributed by atoms with E-state index in [0.717, 1.165) is 23.7 Å². The van der Waals surface area contributed by atoms with Crippen molar-refractivity contribution in [3.05, 3.63) is 0 Å². The van der Waals surface area contributed by atoms with Crippen LogP contribution in [-0.2, 0) is 0 Å². The van der Waals surface area contributed by atoms with Crippen molar-refractivity contribution in [1.82, 2.24) is 0 Å². The largest absolute Gasteiger partial charge is 0.0651 e. The molecule has 16 heavy (non-hydrogen) atoms. The first-order chi connectivity index (χ1) is 7.67. The zero-order chi connectivity index (χ0) is 12.0. The van der Waals surface area contributed by atoms with Crippen LogP contribution in [0, 0.1) is 23.7 Å². The van der Waals surface area contributed by atoms with Crippen molar-refractivity contribution >= 4 is 0 Å². The molecule has 1 aliphatic carbocycles. The van der Waals surface area contributed by atoms with Crippen LogP contribution in [0.25, 0.3) is 0 Å². The fraction of sp³-hybridized carbons (Fsp3) is 1.00. The standard InChI is InChI=1S/C16H32/c1-5-15-10-8-7-9-13(3)11-16(6-2)14(4)12-15/h13-16H,5-12H2,1-4H3. The summed E-state index contributed by atoms with van der Waals surface area (Å²) in [6, 6.07) is 0. The highest BCUT2D eigenvalue weighted by atomic mass is 14.3. The van der Waals surface area contributed by atoms with E-state index in [0.29, 0.717) is 0 Å². The second kappa shape index (κ2) is 7.35. The van der Waals surface area contributed by atoms with Crippen molar-refractivity contribution < 1.29 is 0 Å². The summed E-state index contributed by atoms with van der Waals surface area (Å²) in [7, 11) is 0. The lowest BCUT2D eigenvalue weighted by Gasteiger charge is -2.30. The highest BCUT2D eigenvalue weighted by Gasteiger charge is 2.22. The maximum absolute atomic E-state index is 2.51. The summed E-state index contributed by atoms with van der Waals surface area (Å²) in [5.41, 5.74) is 0. The molecule has 0 spiro atoms. The molecule has 0 radical (unpaired) electrons. The van der Waals surface area contributed by atoms with Gasteiger partial charge >= 0.3 is 0 Å². The minimum Gasteiger partial charge on any atom is -0.0651 e. The predicted molar refractivity (Wildman–Crippen MR) is 73.6 cm³/mol. The van der Waals surface area contributed by atoms with Gasteiger partial charge in [-0.05, 0) is 36.5 Å². The van der Waals surface area contributed by atoms with E-state index in [1.54, 1.807) is 0 Å². The lowest BCUT2D eigenvalue weighted by atomic mass is 9.76. The van der Waals surface area contributed by atoms with E-state index in [-0.39, 0.29) is 0 Å². The monoisotopic (exact) mass is 224 g/mol. The van der Waals surface area contributed by atoms with Gasteiger partial charge in [0.2, 0.25) is 0 Å². The maximum Gasteiger partial charge on any atom is -0.0388 e. The summed E-state index contributed by atoms with van der Waals surface area (Å²) in [6.45, 7) is 9.74. The summed E-state index contributed by atoms with van der Waals surface area (Å²) < 4.78 is 0. The maximum atomic E-state index is 2.51. The van der Waals surface area contributed by atoms with Gasteiger partial charge in [0, 0.05) is 0 Å². The Morgan fingerprint density at radius 2 is 1.56 bits per heavy atom. The smallest absolute Gasteiger partial charge is 0.0388 e. The summed E-state index contributed by atoms with van der Waals surface area (Å²) in [5.74, 6) is 3.92. The average Bonchev–Trinajstić information content (AvgIpc) is 2.29. The Labute approximate surface area is 103 Å². The van der Waals surface area contributed by atoms with Crippen LogP contribution >= 0.6 is 0 Å². The van der Waals surface area contributed by atoms with Gasteiger partial charge in [-0.25, -0.2) is 0 Å². The van der Waals surface area contributed by atoms with Crippen molar-refractivity contribution in [3.8, 4) is 0 Å². The summed E-state index contributed by atoms with van der Waals surface area (Å²) in [5, 5.41) is 0. The zero-order valence-corrected chi connectivity index (χ0v) is 12.0. The van der Waals surface area contributed by atoms with Gasteiger partial charge in [-0.15, -0.1) is 0 Å². The molecule has 0 heteroatoms. The Morgan fingerprint density at radius 1 is 0.875 bits per heavy atom.